The van der Waals surface area contributed by atoms with Crippen LogP contribution in [0.3, 0.4) is 0 Å². The zero-order valence-corrected chi connectivity index (χ0v) is 13.1. The molecule has 2 heteroatoms. The highest BCUT2D eigenvalue weighted by molar-refractivity contribution is 5.87. The summed E-state index contributed by atoms with van der Waals surface area (Å²) in [6.45, 7) is 2.12. The molecule has 0 amide bonds. The minimum atomic E-state index is 0.965. The maximum Gasteiger partial charge on any atom is 0.145 e. The number of aromatic nitrogens is 2. The minimum absolute atomic E-state index is 0.965. The summed E-state index contributed by atoms with van der Waals surface area (Å²) in [6, 6.07) is 16.8. The summed E-state index contributed by atoms with van der Waals surface area (Å²) in [5.74, 6) is 0.987. The summed E-state index contributed by atoms with van der Waals surface area (Å²) in [7, 11) is 0. The van der Waals surface area contributed by atoms with Crippen LogP contribution in [0, 0.1) is 6.92 Å². The van der Waals surface area contributed by atoms with Gasteiger partial charge in [0, 0.05) is 11.3 Å². The molecule has 0 atom stereocenters. The second-order valence-corrected chi connectivity index (χ2v) is 5.79. The van der Waals surface area contributed by atoms with Crippen molar-refractivity contribution in [1.82, 2.24) is 9.55 Å². The Labute approximate surface area is 136 Å². The van der Waals surface area contributed by atoms with Crippen molar-refractivity contribution in [2.24, 2.45) is 0 Å². The van der Waals surface area contributed by atoms with Crippen molar-refractivity contribution < 1.29 is 0 Å². The third kappa shape index (κ3) is 2.53. The first-order chi connectivity index (χ1) is 11.3. The van der Waals surface area contributed by atoms with E-state index in [2.05, 4.69) is 84.3 Å². The van der Waals surface area contributed by atoms with Crippen molar-refractivity contribution in [2.45, 2.75) is 13.3 Å². The Morgan fingerprint density at radius 2 is 1.91 bits per heavy atom. The SMILES string of the molecule is Cc1cccc(-c2nc3ccccc3n2C2=CC=CCC=C2)c1. The van der Waals surface area contributed by atoms with Gasteiger partial charge >= 0.3 is 0 Å². The summed E-state index contributed by atoms with van der Waals surface area (Å²) in [5.41, 5.74) is 5.68. The van der Waals surface area contributed by atoms with Crippen LogP contribution < -0.4 is 0 Å². The number of rotatable bonds is 2. The van der Waals surface area contributed by atoms with Crippen LogP contribution in [-0.4, -0.2) is 9.55 Å². The zero-order valence-electron chi connectivity index (χ0n) is 13.1. The summed E-state index contributed by atoms with van der Waals surface area (Å²) < 4.78 is 2.25. The maximum atomic E-state index is 4.89. The van der Waals surface area contributed by atoms with Gasteiger partial charge in [0.2, 0.25) is 0 Å². The Balaban J connectivity index is 2.02. The molecule has 0 saturated carbocycles. The third-order valence-corrected chi connectivity index (χ3v) is 4.06. The second kappa shape index (κ2) is 5.73. The molecule has 4 rings (SSSR count). The molecular formula is C21H18N2. The maximum absolute atomic E-state index is 4.89. The number of hydrogen-bond donors (Lipinski definition) is 0. The van der Waals surface area contributed by atoms with E-state index in [1.54, 1.807) is 0 Å². The Kier molecular flexibility index (Phi) is 3.43. The smallest absolute Gasteiger partial charge is 0.145 e. The topological polar surface area (TPSA) is 17.8 Å². The normalized spacial score (nSPS) is 14.0. The van der Waals surface area contributed by atoms with E-state index in [0.29, 0.717) is 0 Å². The average Bonchev–Trinajstić information content (AvgIpc) is 2.75. The molecule has 2 aromatic carbocycles. The lowest BCUT2D eigenvalue weighted by molar-refractivity contribution is 1.14. The quantitative estimate of drug-likeness (QED) is 0.622. The predicted molar refractivity (Wildman–Crippen MR) is 97.1 cm³/mol. The van der Waals surface area contributed by atoms with Gasteiger partial charge < -0.3 is 0 Å². The second-order valence-electron chi connectivity index (χ2n) is 5.79. The number of para-hydroxylation sites is 2. The largest absolute Gasteiger partial charge is 0.292 e. The van der Waals surface area contributed by atoms with Crippen LogP contribution in [0.5, 0.6) is 0 Å². The van der Waals surface area contributed by atoms with Gasteiger partial charge in [-0.1, -0.05) is 54.1 Å². The highest BCUT2D eigenvalue weighted by atomic mass is 15.1. The van der Waals surface area contributed by atoms with Gasteiger partial charge in [0.15, 0.2) is 0 Å². The molecule has 0 unspecified atom stereocenters. The predicted octanol–water partition coefficient (Wildman–Crippen LogP) is 5.37. The first-order valence-electron chi connectivity index (χ1n) is 7.91. The fourth-order valence-electron chi connectivity index (χ4n) is 2.98. The molecule has 1 aliphatic rings. The summed E-state index contributed by atoms with van der Waals surface area (Å²) in [5, 5.41) is 0. The van der Waals surface area contributed by atoms with Crippen molar-refractivity contribution >= 4 is 16.7 Å². The lowest BCUT2D eigenvalue weighted by Gasteiger charge is -2.10. The molecule has 0 saturated heterocycles. The minimum Gasteiger partial charge on any atom is -0.292 e. The fourth-order valence-corrected chi connectivity index (χ4v) is 2.98. The summed E-state index contributed by atoms with van der Waals surface area (Å²) >= 11 is 0. The van der Waals surface area contributed by atoms with Crippen molar-refractivity contribution in [3.05, 3.63) is 84.5 Å². The highest BCUT2D eigenvalue weighted by Crippen LogP contribution is 2.29. The van der Waals surface area contributed by atoms with Gasteiger partial charge in [-0.05, 0) is 43.7 Å². The first kappa shape index (κ1) is 13.8. The molecule has 0 fully saturated rings. The molecule has 1 aliphatic carbocycles. The molecule has 0 bridgehead atoms. The van der Waals surface area contributed by atoms with Crippen LogP contribution in [-0.2, 0) is 0 Å². The highest BCUT2D eigenvalue weighted by Gasteiger charge is 2.14. The fraction of sp³-hybridized carbons (Fsp3) is 0.0952. The monoisotopic (exact) mass is 298 g/mol. The van der Waals surface area contributed by atoms with Crippen LogP contribution in [0.4, 0.5) is 0 Å². The number of imidazole rings is 1. The van der Waals surface area contributed by atoms with Gasteiger partial charge in [-0.25, -0.2) is 4.98 Å². The number of hydrogen-bond acceptors (Lipinski definition) is 1. The molecule has 0 N–H and O–H groups in total. The van der Waals surface area contributed by atoms with Gasteiger partial charge in [0.05, 0.1) is 11.0 Å². The molecule has 0 radical (unpaired) electrons. The molecule has 0 spiro atoms. The van der Waals surface area contributed by atoms with Crippen LogP contribution >= 0.6 is 0 Å². The standard InChI is InChI=1S/C21H18N2/c1-16-9-8-10-17(15-16)21-22-19-13-6-7-14-20(19)23(21)18-11-4-2-3-5-12-18/h2,4-15H,3H2,1H3. The van der Waals surface area contributed by atoms with E-state index in [0.717, 1.165) is 34.5 Å². The number of nitrogens with zero attached hydrogens (tertiary/aromatic N) is 2. The van der Waals surface area contributed by atoms with Crippen LogP contribution in [0.25, 0.3) is 28.1 Å². The molecule has 112 valence electrons. The van der Waals surface area contributed by atoms with Crippen LogP contribution in [0.1, 0.15) is 12.0 Å². The van der Waals surface area contributed by atoms with E-state index in [4.69, 9.17) is 4.98 Å². The van der Waals surface area contributed by atoms with E-state index in [-0.39, 0.29) is 0 Å². The van der Waals surface area contributed by atoms with E-state index in [9.17, 15) is 0 Å². The van der Waals surface area contributed by atoms with E-state index < -0.39 is 0 Å². The van der Waals surface area contributed by atoms with E-state index in [1.807, 2.05) is 6.07 Å². The van der Waals surface area contributed by atoms with Gasteiger partial charge in [-0.15, -0.1) is 0 Å². The lowest BCUT2D eigenvalue weighted by Crippen LogP contribution is -1.98. The number of allylic oxidation sites excluding steroid dienone is 6. The van der Waals surface area contributed by atoms with Gasteiger partial charge in [0.25, 0.3) is 0 Å². The Hall–Kier alpha value is -2.87. The average molecular weight is 298 g/mol. The molecule has 23 heavy (non-hydrogen) atoms. The van der Waals surface area contributed by atoms with E-state index in [1.165, 1.54) is 5.56 Å². The van der Waals surface area contributed by atoms with Crippen molar-refractivity contribution in [3.63, 3.8) is 0 Å². The number of aryl methyl sites for hydroxylation is 1. The molecule has 2 nitrogen and oxygen atoms in total. The van der Waals surface area contributed by atoms with Crippen LogP contribution in [0.15, 0.2) is 78.9 Å². The molecule has 0 aliphatic heterocycles. The van der Waals surface area contributed by atoms with Gasteiger partial charge in [-0.2, -0.15) is 0 Å². The van der Waals surface area contributed by atoms with Crippen molar-refractivity contribution in [1.29, 1.82) is 0 Å². The van der Waals surface area contributed by atoms with Gasteiger partial charge in [-0.3, -0.25) is 4.57 Å². The third-order valence-electron chi connectivity index (χ3n) is 4.06. The summed E-state index contributed by atoms with van der Waals surface area (Å²) in [4.78, 5) is 4.89. The summed E-state index contributed by atoms with van der Waals surface area (Å²) in [6.07, 6.45) is 11.7. The lowest BCUT2D eigenvalue weighted by atomic mass is 10.1. The molecule has 1 heterocycles. The Bertz CT molecular complexity index is 955. The first-order valence-corrected chi connectivity index (χ1v) is 7.91. The van der Waals surface area contributed by atoms with E-state index >= 15 is 0 Å². The zero-order chi connectivity index (χ0) is 15.6. The number of fused-ring (bicyclic) bond motifs is 1. The van der Waals surface area contributed by atoms with Gasteiger partial charge in [0.1, 0.15) is 5.82 Å². The Morgan fingerprint density at radius 3 is 2.83 bits per heavy atom. The molecule has 1 aromatic heterocycles. The van der Waals surface area contributed by atoms with Crippen LogP contribution in [0.2, 0.25) is 0 Å². The molecule has 3 aromatic rings. The van der Waals surface area contributed by atoms with Crippen molar-refractivity contribution in [2.75, 3.05) is 0 Å². The Morgan fingerprint density at radius 1 is 1.00 bits per heavy atom. The molecular weight excluding hydrogens is 280 g/mol. The number of benzene rings is 2. The van der Waals surface area contributed by atoms with Crippen molar-refractivity contribution in [3.8, 4) is 11.4 Å².